The zero-order chi connectivity index (χ0) is 23.4. The first-order chi connectivity index (χ1) is 16.1. The Kier molecular flexibility index (Phi) is 6.33. The summed E-state index contributed by atoms with van der Waals surface area (Å²) < 4.78 is 36.9. The molecule has 0 amide bonds. The van der Waals surface area contributed by atoms with Gasteiger partial charge in [-0.2, -0.15) is 5.26 Å². The van der Waals surface area contributed by atoms with E-state index in [9.17, 15) is 9.65 Å². The second kappa shape index (κ2) is 9.50. The van der Waals surface area contributed by atoms with E-state index in [0.717, 1.165) is 5.56 Å². The molecule has 170 valence electrons. The highest BCUT2D eigenvalue weighted by molar-refractivity contribution is 5.82. The van der Waals surface area contributed by atoms with Crippen molar-refractivity contribution >= 4 is 17.2 Å². The Morgan fingerprint density at radius 2 is 1.88 bits per heavy atom. The number of ether oxygens (including phenoxy) is 4. The van der Waals surface area contributed by atoms with E-state index in [1.165, 1.54) is 13.2 Å². The summed E-state index contributed by atoms with van der Waals surface area (Å²) in [5.41, 5.74) is 2.69. The fourth-order valence-electron chi connectivity index (χ4n) is 3.36. The van der Waals surface area contributed by atoms with Crippen LogP contribution in [0.3, 0.4) is 0 Å². The summed E-state index contributed by atoms with van der Waals surface area (Å²) in [6.07, 6.45) is 1.57. The molecule has 0 aliphatic heterocycles. The number of halogens is 1. The lowest BCUT2D eigenvalue weighted by molar-refractivity contribution is 0.144. The van der Waals surface area contributed by atoms with E-state index in [2.05, 4.69) is 21.5 Å². The minimum atomic E-state index is -0.470. The highest BCUT2D eigenvalue weighted by Gasteiger charge is 2.20. The molecule has 2 N–H and O–H groups in total. The van der Waals surface area contributed by atoms with Crippen LogP contribution in [-0.4, -0.2) is 49.1 Å². The lowest BCUT2D eigenvalue weighted by atomic mass is 10.1. The number of imidazole rings is 1. The predicted molar refractivity (Wildman–Crippen MR) is 120 cm³/mol. The van der Waals surface area contributed by atoms with Gasteiger partial charge < -0.3 is 24.3 Å². The van der Waals surface area contributed by atoms with Crippen LogP contribution in [0.4, 0.5) is 15.9 Å². The fourth-order valence-corrected chi connectivity index (χ4v) is 3.36. The van der Waals surface area contributed by atoms with Crippen LogP contribution < -0.4 is 19.5 Å². The van der Waals surface area contributed by atoms with E-state index in [0.29, 0.717) is 53.1 Å². The Hall–Kier alpha value is -4.23. The first kappa shape index (κ1) is 22.0. The Labute approximate surface area is 189 Å². The molecule has 0 atom stereocenters. The number of benzene rings is 2. The molecule has 0 bridgehead atoms. The van der Waals surface area contributed by atoms with Crippen molar-refractivity contribution in [3.05, 3.63) is 54.0 Å². The molecule has 4 rings (SSSR count). The van der Waals surface area contributed by atoms with Crippen LogP contribution in [0.2, 0.25) is 0 Å². The number of rotatable bonds is 9. The first-order valence-electron chi connectivity index (χ1n) is 10.00. The van der Waals surface area contributed by atoms with Crippen molar-refractivity contribution in [2.24, 2.45) is 0 Å². The van der Waals surface area contributed by atoms with Crippen LogP contribution in [0.1, 0.15) is 5.56 Å². The quantitative estimate of drug-likeness (QED) is 0.369. The van der Waals surface area contributed by atoms with Gasteiger partial charge in [-0.05, 0) is 30.3 Å². The first-order valence-corrected chi connectivity index (χ1v) is 10.00. The van der Waals surface area contributed by atoms with E-state index in [4.69, 9.17) is 18.9 Å². The third-order valence-corrected chi connectivity index (χ3v) is 4.97. The van der Waals surface area contributed by atoms with Gasteiger partial charge in [-0.15, -0.1) is 0 Å². The van der Waals surface area contributed by atoms with Gasteiger partial charge in [0.1, 0.15) is 23.9 Å². The molecule has 2 aromatic heterocycles. The number of nitriles is 1. The van der Waals surface area contributed by atoms with Gasteiger partial charge in [0.15, 0.2) is 34.5 Å². The van der Waals surface area contributed by atoms with Crippen LogP contribution in [0.5, 0.6) is 17.2 Å². The van der Waals surface area contributed by atoms with Crippen LogP contribution in [0, 0.1) is 17.1 Å². The molecule has 2 aromatic carbocycles. The number of aromatic amines is 1. The zero-order valence-electron chi connectivity index (χ0n) is 18.3. The maximum Gasteiger partial charge on any atom is 0.173 e. The molecule has 2 heterocycles. The van der Waals surface area contributed by atoms with Crippen molar-refractivity contribution in [2.75, 3.05) is 39.9 Å². The van der Waals surface area contributed by atoms with E-state index in [-0.39, 0.29) is 5.75 Å². The van der Waals surface area contributed by atoms with E-state index < -0.39 is 5.82 Å². The molecular formula is C23H22FN5O4. The number of hydrogen-bond donors (Lipinski definition) is 2. The average molecular weight is 451 g/mol. The summed E-state index contributed by atoms with van der Waals surface area (Å²) in [7, 11) is 4.56. The molecule has 9 nitrogen and oxygen atoms in total. The molecule has 0 aliphatic carbocycles. The Balaban J connectivity index is 1.79. The van der Waals surface area contributed by atoms with Gasteiger partial charge in [0.25, 0.3) is 0 Å². The van der Waals surface area contributed by atoms with Crippen LogP contribution in [-0.2, 0) is 4.74 Å². The largest absolute Gasteiger partial charge is 0.494 e. The third-order valence-electron chi connectivity index (χ3n) is 4.97. The summed E-state index contributed by atoms with van der Waals surface area (Å²) in [4.78, 5) is 4.68. The smallest absolute Gasteiger partial charge is 0.173 e. The van der Waals surface area contributed by atoms with Gasteiger partial charge in [-0.3, -0.25) is 5.10 Å². The molecule has 0 radical (unpaired) electrons. The number of hydrogen-bond acceptors (Lipinski definition) is 7. The fraction of sp³-hybridized carbons (Fsp3) is 0.217. The standard InChI is InChI=1S/C23H22FN5O4/c1-30-8-9-33-18-7-4-14(10-20(18)32-3)21-23(29-22(28-21)15(12-25)13-26-29)27-16-5-6-17(24)19(11-16)31-2/h4-7,10-11,13,26-27H,8-9H2,1-3H3. The number of nitrogens with zero attached hydrogens (tertiary/aromatic N) is 3. The van der Waals surface area contributed by atoms with Crippen LogP contribution >= 0.6 is 0 Å². The Morgan fingerprint density at radius 3 is 2.61 bits per heavy atom. The molecule has 0 aliphatic rings. The van der Waals surface area contributed by atoms with E-state index in [1.807, 2.05) is 6.07 Å². The maximum absolute atomic E-state index is 13.9. The minimum absolute atomic E-state index is 0.103. The number of aromatic nitrogens is 3. The van der Waals surface area contributed by atoms with Crippen molar-refractivity contribution in [1.29, 1.82) is 5.26 Å². The minimum Gasteiger partial charge on any atom is -0.494 e. The Bertz CT molecular complexity index is 1320. The van der Waals surface area contributed by atoms with Gasteiger partial charge in [-0.25, -0.2) is 13.9 Å². The van der Waals surface area contributed by atoms with Crippen LogP contribution in [0.25, 0.3) is 16.9 Å². The molecule has 0 saturated heterocycles. The zero-order valence-corrected chi connectivity index (χ0v) is 18.3. The molecular weight excluding hydrogens is 429 g/mol. The van der Waals surface area contributed by atoms with Crippen molar-refractivity contribution in [3.63, 3.8) is 0 Å². The van der Waals surface area contributed by atoms with Crippen molar-refractivity contribution < 1.29 is 23.3 Å². The van der Waals surface area contributed by atoms with Crippen molar-refractivity contribution in [1.82, 2.24) is 14.6 Å². The number of methoxy groups -OCH3 is 3. The second-order valence-electron chi connectivity index (χ2n) is 6.95. The average Bonchev–Trinajstić information content (AvgIpc) is 3.40. The summed E-state index contributed by atoms with van der Waals surface area (Å²) in [6.45, 7) is 0.827. The lowest BCUT2D eigenvalue weighted by Crippen LogP contribution is -2.05. The molecule has 0 saturated carbocycles. The van der Waals surface area contributed by atoms with Gasteiger partial charge in [0.05, 0.1) is 20.8 Å². The Morgan fingerprint density at radius 1 is 1.06 bits per heavy atom. The lowest BCUT2D eigenvalue weighted by Gasteiger charge is -2.13. The van der Waals surface area contributed by atoms with Gasteiger partial charge in [-0.1, -0.05) is 0 Å². The molecule has 10 heteroatoms. The van der Waals surface area contributed by atoms with Crippen LogP contribution in [0.15, 0.2) is 42.6 Å². The van der Waals surface area contributed by atoms with Gasteiger partial charge in [0.2, 0.25) is 0 Å². The topological polar surface area (TPSA) is 106 Å². The predicted octanol–water partition coefficient (Wildman–Crippen LogP) is 4.13. The summed E-state index contributed by atoms with van der Waals surface area (Å²) in [5, 5.41) is 15.7. The number of nitrogens with one attached hydrogen (secondary N) is 2. The van der Waals surface area contributed by atoms with E-state index in [1.54, 1.807) is 49.2 Å². The molecule has 4 aromatic rings. The molecule has 0 fully saturated rings. The van der Waals surface area contributed by atoms with Gasteiger partial charge in [0, 0.05) is 30.6 Å². The molecule has 0 spiro atoms. The number of H-pyrrole nitrogens is 1. The van der Waals surface area contributed by atoms with E-state index >= 15 is 0 Å². The second-order valence-corrected chi connectivity index (χ2v) is 6.95. The summed E-state index contributed by atoms with van der Waals surface area (Å²) in [5.74, 6) is 1.27. The number of anilines is 2. The van der Waals surface area contributed by atoms with Crippen molar-refractivity contribution in [2.45, 2.75) is 0 Å². The number of fused-ring (bicyclic) bond motifs is 1. The van der Waals surface area contributed by atoms with Gasteiger partial charge >= 0.3 is 0 Å². The summed E-state index contributed by atoms with van der Waals surface area (Å²) >= 11 is 0. The maximum atomic E-state index is 13.9. The molecule has 0 unspecified atom stereocenters. The summed E-state index contributed by atoms with van der Waals surface area (Å²) in [6, 6.07) is 12.0. The van der Waals surface area contributed by atoms with Crippen molar-refractivity contribution in [3.8, 4) is 34.6 Å². The third kappa shape index (κ3) is 4.26. The highest BCUT2D eigenvalue weighted by Crippen LogP contribution is 2.37. The SMILES string of the molecule is COCCOc1ccc(-c2nc3c(C#N)c[nH]n3c2Nc2ccc(F)c(OC)c2)cc1OC. The molecule has 33 heavy (non-hydrogen) atoms. The highest BCUT2D eigenvalue weighted by atomic mass is 19.1. The normalized spacial score (nSPS) is 10.8. The monoisotopic (exact) mass is 451 g/mol.